The molecule has 3 N–H and O–H groups in total. The summed E-state index contributed by atoms with van der Waals surface area (Å²) in [4.78, 5) is 17.2. The summed E-state index contributed by atoms with van der Waals surface area (Å²) in [7, 11) is 0. The first kappa shape index (κ1) is 22.6. The first-order valence-corrected chi connectivity index (χ1v) is 9.96. The third-order valence-corrected chi connectivity index (χ3v) is 4.61. The lowest BCUT2D eigenvalue weighted by Crippen LogP contribution is -2.41. The zero-order valence-electron chi connectivity index (χ0n) is 17.7. The summed E-state index contributed by atoms with van der Waals surface area (Å²) in [6.07, 6.45) is 1.72. The normalized spacial score (nSPS) is 12.4. The van der Waals surface area contributed by atoms with Crippen LogP contribution in [-0.2, 0) is 11.3 Å². The van der Waals surface area contributed by atoms with Crippen molar-refractivity contribution in [3.63, 3.8) is 0 Å². The molecule has 0 radical (unpaired) electrons. The van der Waals surface area contributed by atoms with Gasteiger partial charge in [-0.3, -0.25) is 9.20 Å². The lowest BCUT2D eigenvalue weighted by molar-refractivity contribution is 0.0672. The van der Waals surface area contributed by atoms with Gasteiger partial charge in [0, 0.05) is 18.8 Å². The molecule has 7 nitrogen and oxygen atoms in total. The number of hydrogen-bond acceptors (Lipinski definition) is 5. The van der Waals surface area contributed by atoms with Gasteiger partial charge in [-0.25, -0.2) is 13.8 Å². The maximum absolute atomic E-state index is 13.9. The summed E-state index contributed by atoms with van der Waals surface area (Å²) in [6, 6.07) is 6.57. The van der Waals surface area contributed by atoms with E-state index >= 15 is 0 Å². The minimum Gasteiger partial charge on any atom is -0.485 e. The van der Waals surface area contributed by atoms with Crippen LogP contribution >= 0.6 is 0 Å². The molecule has 1 aromatic carbocycles. The average molecular weight is 432 g/mol. The van der Waals surface area contributed by atoms with E-state index in [1.54, 1.807) is 29.7 Å². The molecule has 3 aromatic rings. The number of rotatable bonds is 9. The zero-order chi connectivity index (χ0) is 22.5. The van der Waals surface area contributed by atoms with Gasteiger partial charge in [0.2, 0.25) is 0 Å². The van der Waals surface area contributed by atoms with Gasteiger partial charge in [0.05, 0.1) is 24.0 Å². The Morgan fingerprint density at radius 3 is 2.61 bits per heavy atom. The molecule has 0 aliphatic heterocycles. The standard InChI is InChI=1S/C22H26F2N4O3/c1-13(2)30-11-15(25)10-26-22(29)20-14(3)27-21-19(8-5-9-28(20)21)31-12-16-17(23)6-4-7-18(16)24/h4-9,13,15H,10-12,25H2,1-3H3,(H,26,29). The minimum atomic E-state index is -0.690. The highest BCUT2D eigenvalue weighted by atomic mass is 19.1. The SMILES string of the molecule is Cc1nc2c(OCc3c(F)cccc3F)cccn2c1C(=O)NCC(N)COC(C)C. The van der Waals surface area contributed by atoms with Crippen LogP contribution in [-0.4, -0.2) is 40.6 Å². The molecule has 1 unspecified atom stereocenters. The summed E-state index contributed by atoms with van der Waals surface area (Å²) in [5.41, 5.74) is 6.98. The fourth-order valence-electron chi connectivity index (χ4n) is 3.04. The number of nitrogens with two attached hydrogens (primary N) is 1. The Morgan fingerprint density at radius 1 is 1.23 bits per heavy atom. The number of nitrogens with one attached hydrogen (secondary N) is 1. The molecule has 1 amide bonds. The maximum atomic E-state index is 13.9. The number of pyridine rings is 1. The van der Waals surface area contributed by atoms with Crippen molar-refractivity contribution in [1.82, 2.24) is 14.7 Å². The quantitative estimate of drug-likeness (QED) is 0.543. The zero-order valence-corrected chi connectivity index (χ0v) is 17.7. The molecule has 3 rings (SSSR count). The summed E-state index contributed by atoms with van der Waals surface area (Å²) >= 11 is 0. The molecule has 2 heterocycles. The summed E-state index contributed by atoms with van der Waals surface area (Å²) in [6.45, 7) is 5.77. The smallest absolute Gasteiger partial charge is 0.270 e. The van der Waals surface area contributed by atoms with Crippen LogP contribution in [0.2, 0.25) is 0 Å². The van der Waals surface area contributed by atoms with Crippen LogP contribution < -0.4 is 15.8 Å². The summed E-state index contributed by atoms with van der Waals surface area (Å²) in [5.74, 6) is -1.43. The molecule has 0 fully saturated rings. The van der Waals surface area contributed by atoms with Crippen LogP contribution in [0, 0.1) is 18.6 Å². The van der Waals surface area contributed by atoms with Gasteiger partial charge >= 0.3 is 0 Å². The van der Waals surface area contributed by atoms with E-state index in [4.69, 9.17) is 15.2 Å². The van der Waals surface area contributed by atoms with Crippen LogP contribution in [0.4, 0.5) is 8.78 Å². The predicted molar refractivity (Wildman–Crippen MR) is 112 cm³/mol. The minimum absolute atomic E-state index is 0.0547. The number of nitrogens with zero attached hydrogens (tertiary/aromatic N) is 2. The van der Waals surface area contributed by atoms with E-state index in [9.17, 15) is 13.6 Å². The number of aromatic nitrogens is 2. The van der Waals surface area contributed by atoms with E-state index in [1.807, 2.05) is 13.8 Å². The van der Waals surface area contributed by atoms with E-state index in [0.29, 0.717) is 29.4 Å². The van der Waals surface area contributed by atoms with E-state index < -0.39 is 11.6 Å². The Balaban J connectivity index is 1.76. The van der Waals surface area contributed by atoms with Crippen LogP contribution in [0.3, 0.4) is 0 Å². The van der Waals surface area contributed by atoms with Crippen molar-refractivity contribution in [2.75, 3.05) is 13.2 Å². The van der Waals surface area contributed by atoms with Gasteiger partial charge < -0.3 is 20.5 Å². The second-order valence-electron chi connectivity index (χ2n) is 7.45. The highest BCUT2D eigenvalue weighted by Crippen LogP contribution is 2.24. The lowest BCUT2D eigenvalue weighted by atomic mass is 10.2. The van der Waals surface area contributed by atoms with E-state index in [-0.39, 0.29) is 36.8 Å². The van der Waals surface area contributed by atoms with Gasteiger partial charge in [0.15, 0.2) is 11.4 Å². The second-order valence-corrected chi connectivity index (χ2v) is 7.45. The number of halogens is 2. The number of hydrogen-bond donors (Lipinski definition) is 2. The molecule has 166 valence electrons. The second kappa shape index (κ2) is 9.84. The molecule has 0 spiro atoms. The van der Waals surface area contributed by atoms with Crippen LogP contribution in [0.5, 0.6) is 5.75 Å². The Labute approximate surface area is 179 Å². The molecule has 9 heteroatoms. The number of amides is 1. The maximum Gasteiger partial charge on any atom is 0.270 e. The monoisotopic (exact) mass is 432 g/mol. The Bertz CT molecular complexity index is 1050. The van der Waals surface area contributed by atoms with Crippen molar-refractivity contribution < 1.29 is 23.0 Å². The Kier molecular flexibility index (Phi) is 7.19. The number of imidazole rings is 1. The third-order valence-electron chi connectivity index (χ3n) is 4.61. The number of ether oxygens (including phenoxy) is 2. The largest absolute Gasteiger partial charge is 0.485 e. The first-order chi connectivity index (χ1) is 14.8. The van der Waals surface area contributed by atoms with Crippen LogP contribution in [0.1, 0.15) is 35.6 Å². The fourth-order valence-corrected chi connectivity index (χ4v) is 3.04. The van der Waals surface area contributed by atoms with Crippen LogP contribution in [0.15, 0.2) is 36.5 Å². The van der Waals surface area contributed by atoms with Gasteiger partial charge in [-0.2, -0.15) is 0 Å². The number of carbonyl (C=O) groups is 1. The molecule has 0 aliphatic carbocycles. The molecule has 0 saturated carbocycles. The average Bonchev–Trinajstić information content (AvgIpc) is 3.06. The van der Waals surface area contributed by atoms with Gasteiger partial charge in [-0.1, -0.05) is 6.07 Å². The molecule has 0 aliphatic rings. The topological polar surface area (TPSA) is 90.9 Å². The summed E-state index contributed by atoms with van der Waals surface area (Å²) < 4.78 is 40.4. The predicted octanol–water partition coefficient (Wildman–Crippen LogP) is 2.98. The van der Waals surface area contributed by atoms with Gasteiger partial charge in [0.1, 0.15) is 23.9 Å². The molecular formula is C22H26F2N4O3. The third kappa shape index (κ3) is 5.36. The molecule has 0 saturated heterocycles. The Morgan fingerprint density at radius 2 is 1.94 bits per heavy atom. The van der Waals surface area contributed by atoms with Gasteiger partial charge in [-0.05, 0) is 45.0 Å². The molecule has 0 bridgehead atoms. The van der Waals surface area contributed by atoms with Crippen LogP contribution in [0.25, 0.3) is 5.65 Å². The molecule has 31 heavy (non-hydrogen) atoms. The van der Waals surface area contributed by atoms with E-state index in [1.165, 1.54) is 18.2 Å². The number of aryl methyl sites for hydroxylation is 1. The van der Waals surface area contributed by atoms with Gasteiger partial charge in [0.25, 0.3) is 5.91 Å². The Hall–Kier alpha value is -3.04. The van der Waals surface area contributed by atoms with Crippen molar-refractivity contribution in [1.29, 1.82) is 0 Å². The highest BCUT2D eigenvalue weighted by Gasteiger charge is 2.20. The molecular weight excluding hydrogens is 406 g/mol. The van der Waals surface area contributed by atoms with Crippen molar-refractivity contribution in [2.24, 2.45) is 5.73 Å². The van der Waals surface area contributed by atoms with Crippen molar-refractivity contribution in [2.45, 2.75) is 39.5 Å². The first-order valence-electron chi connectivity index (χ1n) is 9.96. The van der Waals surface area contributed by atoms with Crippen molar-refractivity contribution in [3.05, 3.63) is 65.1 Å². The number of fused-ring (bicyclic) bond motifs is 1. The number of benzene rings is 1. The van der Waals surface area contributed by atoms with Crippen molar-refractivity contribution in [3.8, 4) is 5.75 Å². The fraction of sp³-hybridized carbons (Fsp3) is 0.364. The summed E-state index contributed by atoms with van der Waals surface area (Å²) in [5, 5.41) is 2.79. The van der Waals surface area contributed by atoms with Crippen molar-refractivity contribution >= 4 is 11.6 Å². The molecule has 1 atom stereocenters. The van der Waals surface area contributed by atoms with Gasteiger partial charge in [-0.15, -0.1) is 0 Å². The number of carbonyl (C=O) groups excluding carboxylic acids is 1. The van der Waals surface area contributed by atoms with E-state index in [2.05, 4.69) is 10.3 Å². The van der Waals surface area contributed by atoms with E-state index in [0.717, 1.165) is 0 Å². The highest BCUT2D eigenvalue weighted by molar-refractivity contribution is 5.95. The lowest BCUT2D eigenvalue weighted by Gasteiger charge is -2.15. The molecule has 2 aromatic heterocycles.